The quantitative estimate of drug-likeness (QED) is 0.648. The van der Waals surface area contributed by atoms with E-state index in [2.05, 4.69) is 18.2 Å². The number of nitrogens with zero attached hydrogens (tertiary/aromatic N) is 2. The highest BCUT2D eigenvalue weighted by Gasteiger charge is 2.40. The van der Waals surface area contributed by atoms with Crippen LogP contribution >= 0.6 is 0 Å². The van der Waals surface area contributed by atoms with E-state index in [1.54, 1.807) is 12.1 Å². The normalized spacial score (nSPS) is 20.8. The first-order valence-corrected chi connectivity index (χ1v) is 8.72. The van der Waals surface area contributed by atoms with Gasteiger partial charge in [-0.05, 0) is 23.8 Å². The van der Waals surface area contributed by atoms with Crippen LogP contribution in [0.1, 0.15) is 35.4 Å². The van der Waals surface area contributed by atoms with Crippen molar-refractivity contribution in [1.82, 2.24) is 5.01 Å². The highest BCUT2D eigenvalue weighted by molar-refractivity contribution is 6.01. The molecule has 0 amide bonds. The molecule has 4 heteroatoms. The first-order valence-electron chi connectivity index (χ1n) is 8.72. The van der Waals surface area contributed by atoms with Gasteiger partial charge in [0.2, 0.25) is 6.23 Å². The van der Waals surface area contributed by atoms with E-state index in [9.17, 15) is 4.39 Å². The number of hydrogen-bond donors (Lipinski definition) is 0. The van der Waals surface area contributed by atoms with Gasteiger partial charge in [-0.1, -0.05) is 60.7 Å². The van der Waals surface area contributed by atoms with Gasteiger partial charge >= 0.3 is 0 Å². The van der Waals surface area contributed by atoms with Crippen LogP contribution < -0.4 is 4.74 Å². The number of fused-ring (bicyclic) bond motifs is 3. The van der Waals surface area contributed by atoms with Crippen molar-refractivity contribution in [2.45, 2.75) is 18.7 Å². The van der Waals surface area contributed by atoms with Crippen LogP contribution in [-0.2, 0) is 0 Å². The fourth-order valence-corrected chi connectivity index (χ4v) is 3.69. The van der Waals surface area contributed by atoms with E-state index >= 15 is 0 Å². The second kappa shape index (κ2) is 5.99. The van der Waals surface area contributed by atoms with E-state index in [0.29, 0.717) is 0 Å². The fourth-order valence-electron chi connectivity index (χ4n) is 3.69. The average molecular weight is 344 g/mol. The molecule has 0 saturated heterocycles. The second-order valence-corrected chi connectivity index (χ2v) is 6.57. The summed E-state index contributed by atoms with van der Waals surface area (Å²) in [6.45, 7) is 0. The van der Waals surface area contributed by atoms with Gasteiger partial charge < -0.3 is 4.74 Å². The third-order valence-corrected chi connectivity index (χ3v) is 4.96. The van der Waals surface area contributed by atoms with Crippen LogP contribution in [0.2, 0.25) is 0 Å². The van der Waals surface area contributed by atoms with E-state index in [0.717, 1.165) is 34.6 Å². The Kier molecular flexibility index (Phi) is 3.49. The molecular weight excluding hydrogens is 327 g/mol. The Morgan fingerprint density at radius 3 is 2.42 bits per heavy atom. The topological polar surface area (TPSA) is 24.8 Å². The van der Waals surface area contributed by atoms with Gasteiger partial charge in [0.25, 0.3) is 0 Å². The van der Waals surface area contributed by atoms with Gasteiger partial charge in [-0.15, -0.1) is 0 Å². The van der Waals surface area contributed by atoms with Crippen molar-refractivity contribution in [3.05, 3.63) is 101 Å². The Morgan fingerprint density at radius 2 is 1.62 bits per heavy atom. The molecule has 3 aromatic carbocycles. The van der Waals surface area contributed by atoms with E-state index in [1.807, 2.05) is 41.4 Å². The standard InChI is InChI=1S/C22H17FN2O/c23-17-12-10-15(11-13-17)19-14-20-18-8-4-5-9-21(18)26-22(25(20)24-19)16-6-2-1-3-7-16/h1-13,20,22H,14H2/t20-,22+/m0/s1. The van der Waals surface area contributed by atoms with Crippen LogP contribution in [0.4, 0.5) is 4.39 Å². The van der Waals surface area contributed by atoms with Gasteiger partial charge in [-0.2, -0.15) is 5.10 Å². The molecule has 128 valence electrons. The number of halogens is 1. The van der Waals surface area contributed by atoms with Crippen molar-refractivity contribution < 1.29 is 9.13 Å². The molecule has 2 aliphatic heterocycles. The summed E-state index contributed by atoms with van der Waals surface area (Å²) < 4.78 is 19.6. The van der Waals surface area contributed by atoms with Gasteiger partial charge in [0.05, 0.1) is 11.8 Å². The molecule has 0 aliphatic carbocycles. The molecule has 2 heterocycles. The van der Waals surface area contributed by atoms with Crippen LogP contribution in [0.25, 0.3) is 0 Å². The van der Waals surface area contributed by atoms with E-state index in [1.165, 1.54) is 12.1 Å². The summed E-state index contributed by atoms with van der Waals surface area (Å²) in [6.07, 6.45) is 0.504. The molecule has 0 radical (unpaired) electrons. The summed E-state index contributed by atoms with van der Waals surface area (Å²) in [5.41, 5.74) is 4.11. The first-order chi connectivity index (χ1) is 12.8. The number of hydrogen-bond acceptors (Lipinski definition) is 3. The van der Waals surface area contributed by atoms with E-state index in [-0.39, 0.29) is 18.1 Å². The molecule has 0 N–H and O–H groups in total. The molecule has 0 unspecified atom stereocenters. The third-order valence-electron chi connectivity index (χ3n) is 4.96. The number of benzene rings is 3. The molecule has 0 aromatic heterocycles. The zero-order valence-corrected chi connectivity index (χ0v) is 14.0. The van der Waals surface area contributed by atoms with Crippen molar-refractivity contribution in [3.63, 3.8) is 0 Å². The monoisotopic (exact) mass is 344 g/mol. The molecule has 0 saturated carbocycles. The minimum Gasteiger partial charge on any atom is -0.464 e. The van der Waals surface area contributed by atoms with Crippen molar-refractivity contribution in [1.29, 1.82) is 0 Å². The maximum Gasteiger partial charge on any atom is 0.213 e. The zero-order valence-electron chi connectivity index (χ0n) is 14.0. The molecule has 3 nitrogen and oxygen atoms in total. The summed E-state index contributed by atoms with van der Waals surface area (Å²) in [6, 6.07) is 24.9. The predicted octanol–water partition coefficient (Wildman–Crippen LogP) is 5.07. The Hall–Kier alpha value is -3.14. The first kappa shape index (κ1) is 15.1. The van der Waals surface area contributed by atoms with Crippen molar-refractivity contribution in [2.75, 3.05) is 0 Å². The lowest BCUT2D eigenvalue weighted by molar-refractivity contribution is -0.0190. The van der Waals surface area contributed by atoms with Crippen molar-refractivity contribution in [3.8, 4) is 5.75 Å². The molecule has 0 bridgehead atoms. The Bertz CT molecular complexity index is 969. The largest absolute Gasteiger partial charge is 0.464 e. The van der Waals surface area contributed by atoms with Crippen LogP contribution in [0.5, 0.6) is 5.75 Å². The number of para-hydroxylation sites is 1. The van der Waals surface area contributed by atoms with Crippen LogP contribution in [0, 0.1) is 5.82 Å². The summed E-state index contributed by atoms with van der Waals surface area (Å²) in [5.74, 6) is 0.666. The van der Waals surface area contributed by atoms with E-state index in [4.69, 9.17) is 9.84 Å². The summed E-state index contributed by atoms with van der Waals surface area (Å²) in [7, 11) is 0. The maximum absolute atomic E-state index is 13.3. The second-order valence-electron chi connectivity index (χ2n) is 6.57. The lowest BCUT2D eigenvalue weighted by Gasteiger charge is -2.38. The van der Waals surface area contributed by atoms with E-state index < -0.39 is 0 Å². The smallest absolute Gasteiger partial charge is 0.213 e. The molecular formula is C22H17FN2O. The van der Waals surface area contributed by atoms with Crippen LogP contribution in [0.15, 0.2) is 84.0 Å². The fraction of sp³-hybridized carbons (Fsp3) is 0.136. The van der Waals surface area contributed by atoms with Crippen LogP contribution in [-0.4, -0.2) is 10.7 Å². The Labute approximate surface area is 151 Å². The number of rotatable bonds is 2. The SMILES string of the molecule is Fc1ccc(C2=NN3[C@@H](c4ccccc4)Oc4ccccc4[C@@H]3C2)cc1. The van der Waals surface area contributed by atoms with Crippen LogP contribution in [0.3, 0.4) is 0 Å². The molecule has 0 fully saturated rings. The minimum absolute atomic E-state index is 0.116. The molecule has 26 heavy (non-hydrogen) atoms. The minimum atomic E-state index is -0.269. The molecule has 0 spiro atoms. The van der Waals surface area contributed by atoms with Crippen molar-refractivity contribution in [2.24, 2.45) is 5.10 Å². The van der Waals surface area contributed by atoms with Gasteiger partial charge in [0.1, 0.15) is 11.6 Å². The third kappa shape index (κ3) is 2.46. The summed E-state index contributed by atoms with van der Waals surface area (Å²) >= 11 is 0. The van der Waals surface area contributed by atoms with Gasteiger partial charge in [-0.3, -0.25) is 0 Å². The summed E-state index contributed by atoms with van der Waals surface area (Å²) in [5, 5.41) is 6.91. The average Bonchev–Trinajstić information content (AvgIpc) is 3.14. The number of hydrazone groups is 1. The van der Waals surface area contributed by atoms with Crippen molar-refractivity contribution >= 4 is 5.71 Å². The highest BCUT2D eigenvalue weighted by atomic mass is 19.1. The van der Waals surface area contributed by atoms with Gasteiger partial charge in [-0.25, -0.2) is 9.40 Å². The Morgan fingerprint density at radius 1 is 0.885 bits per heavy atom. The predicted molar refractivity (Wildman–Crippen MR) is 98.4 cm³/mol. The summed E-state index contributed by atoms with van der Waals surface area (Å²) in [4.78, 5) is 0. The maximum atomic E-state index is 13.3. The Balaban J connectivity index is 1.59. The molecule has 2 aliphatic rings. The molecule has 5 rings (SSSR count). The number of ether oxygens (including phenoxy) is 1. The van der Waals surface area contributed by atoms with Gasteiger partial charge in [0, 0.05) is 17.5 Å². The lowest BCUT2D eigenvalue weighted by Crippen LogP contribution is -2.33. The highest BCUT2D eigenvalue weighted by Crippen LogP contribution is 2.47. The zero-order chi connectivity index (χ0) is 17.5. The molecule has 2 atom stereocenters. The lowest BCUT2D eigenvalue weighted by atomic mass is 9.96. The molecule has 3 aromatic rings. The van der Waals surface area contributed by atoms with Gasteiger partial charge in [0.15, 0.2) is 0 Å².